The van der Waals surface area contributed by atoms with Crippen LogP contribution in [0.2, 0.25) is 0 Å². The van der Waals surface area contributed by atoms with E-state index in [-0.39, 0.29) is 5.56 Å². The number of aromatic nitrogens is 5. The molecule has 0 bridgehead atoms. The summed E-state index contributed by atoms with van der Waals surface area (Å²) in [4.78, 5) is 34.8. The van der Waals surface area contributed by atoms with Crippen molar-refractivity contribution in [2.45, 2.75) is 6.92 Å². The minimum Gasteiger partial charge on any atom is -0.463 e. The number of pyridine rings is 1. The second-order valence-corrected chi connectivity index (χ2v) is 6.82. The van der Waals surface area contributed by atoms with Crippen LogP contribution >= 0.6 is 0 Å². The van der Waals surface area contributed by atoms with Crippen LogP contribution < -0.4 is 11.0 Å². The van der Waals surface area contributed by atoms with Crippen LogP contribution in [0, 0.1) is 6.92 Å². The third-order valence-corrected chi connectivity index (χ3v) is 4.87. The summed E-state index contributed by atoms with van der Waals surface area (Å²) in [6.45, 7) is 1.80. The molecule has 30 heavy (non-hydrogen) atoms. The summed E-state index contributed by atoms with van der Waals surface area (Å²) in [7, 11) is 1.76. The van der Waals surface area contributed by atoms with Crippen molar-refractivity contribution < 1.29 is 9.21 Å². The molecule has 1 aromatic carbocycles. The molecule has 4 aromatic heterocycles. The summed E-state index contributed by atoms with van der Waals surface area (Å²) < 4.78 is 8.13. The molecule has 0 spiro atoms. The van der Waals surface area contributed by atoms with Crippen LogP contribution in [-0.2, 0) is 7.05 Å². The highest BCUT2D eigenvalue weighted by atomic mass is 16.3. The molecule has 0 fully saturated rings. The van der Waals surface area contributed by atoms with Crippen LogP contribution in [0.15, 0.2) is 64.3 Å². The van der Waals surface area contributed by atoms with Gasteiger partial charge in [0.15, 0.2) is 11.4 Å². The predicted molar refractivity (Wildman–Crippen MR) is 111 cm³/mol. The van der Waals surface area contributed by atoms with Gasteiger partial charge in [-0.25, -0.2) is 14.6 Å². The van der Waals surface area contributed by atoms with Gasteiger partial charge in [-0.05, 0) is 37.3 Å². The van der Waals surface area contributed by atoms with Gasteiger partial charge >= 0.3 is 0 Å². The number of furan rings is 1. The summed E-state index contributed by atoms with van der Waals surface area (Å²) >= 11 is 0. The number of para-hydroxylation sites is 1. The summed E-state index contributed by atoms with van der Waals surface area (Å²) in [5, 5.41) is 5.40. The molecule has 0 aliphatic carbocycles. The molecule has 0 saturated carbocycles. The van der Waals surface area contributed by atoms with Crippen LogP contribution in [0.1, 0.15) is 16.1 Å². The first-order valence-electron chi connectivity index (χ1n) is 9.19. The number of nitrogens with zero attached hydrogens (tertiary/aromatic N) is 5. The largest absolute Gasteiger partial charge is 0.463 e. The Bertz CT molecular complexity index is 1480. The van der Waals surface area contributed by atoms with E-state index in [1.165, 1.54) is 12.6 Å². The maximum atomic E-state index is 13.2. The highest BCUT2D eigenvalue weighted by Gasteiger charge is 2.20. The number of nitrogens with one attached hydrogen (secondary N) is 1. The van der Waals surface area contributed by atoms with Gasteiger partial charge in [0.25, 0.3) is 11.5 Å². The highest BCUT2D eigenvalue weighted by Crippen LogP contribution is 2.27. The maximum absolute atomic E-state index is 13.2. The highest BCUT2D eigenvalue weighted by molar-refractivity contribution is 6.10. The number of carbonyl (C=O) groups excluding carboxylic acids is 1. The molecule has 9 heteroatoms. The van der Waals surface area contributed by atoms with Crippen LogP contribution in [0.4, 0.5) is 0 Å². The van der Waals surface area contributed by atoms with Gasteiger partial charge < -0.3 is 4.42 Å². The summed E-state index contributed by atoms with van der Waals surface area (Å²) in [5.41, 5.74) is 4.83. The Labute approximate surface area is 169 Å². The van der Waals surface area contributed by atoms with Crippen molar-refractivity contribution in [2.75, 3.05) is 5.43 Å². The number of amides is 1. The van der Waals surface area contributed by atoms with E-state index in [1.54, 1.807) is 61.1 Å². The first-order chi connectivity index (χ1) is 14.5. The molecule has 1 amide bonds. The minimum atomic E-state index is -0.481. The van der Waals surface area contributed by atoms with Gasteiger partial charge in [0.05, 0.1) is 33.8 Å². The van der Waals surface area contributed by atoms with Crippen molar-refractivity contribution >= 4 is 27.8 Å². The summed E-state index contributed by atoms with van der Waals surface area (Å²) in [6, 6.07) is 12.1. The van der Waals surface area contributed by atoms with Gasteiger partial charge in [-0.3, -0.25) is 19.7 Å². The van der Waals surface area contributed by atoms with Crippen LogP contribution in [0.3, 0.4) is 0 Å². The Morgan fingerprint density at radius 1 is 1.17 bits per heavy atom. The van der Waals surface area contributed by atoms with E-state index in [0.717, 1.165) is 4.68 Å². The fraction of sp³-hybridized carbons (Fsp3) is 0.0952. The third kappa shape index (κ3) is 2.75. The minimum absolute atomic E-state index is 0.331. The van der Waals surface area contributed by atoms with Crippen molar-refractivity contribution in [2.24, 2.45) is 7.05 Å². The molecule has 0 saturated heterocycles. The van der Waals surface area contributed by atoms with Crippen molar-refractivity contribution in [3.8, 4) is 11.5 Å². The lowest BCUT2D eigenvalue weighted by atomic mass is 10.1. The van der Waals surface area contributed by atoms with E-state index in [4.69, 9.17) is 4.42 Å². The SMILES string of the molecule is Cc1nn(C)c2nc(-c3ccco3)cc(C(=O)Nn3cnc4ccccc4c3=O)c12. The first-order valence-corrected chi connectivity index (χ1v) is 9.19. The molecular formula is C21H16N6O3. The predicted octanol–water partition coefficient (Wildman–Crippen LogP) is 2.63. The van der Waals surface area contributed by atoms with E-state index in [0.29, 0.717) is 44.6 Å². The van der Waals surface area contributed by atoms with Crippen LogP contribution in [0.5, 0.6) is 0 Å². The number of carbonyl (C=O) groups is 1. The molecule has 1 N–H and O–H groups in total. The second kappa shape index (κ2) is 6.66. The van der Waals surface area contributed by atoms with Gasteiger partial charge in [-0.2, -0.15) is 5.10 Å². The van der Waals surface area contributed by atoms with Gasteiger partial charge in [0, 0.05) is 7.05 Å². The summed E-state index contributed by atoms with van der Waals surface area (Å²) in [5.74, 6) is 0.0415. The zero-order chi connectivity index (χ0) is 20.8. The number of hydrogen-bond donors (Lipinski definition) is 1. The topological polar surface area (TPSA) is 108 Å². The lowest BCUT2D eigenvalue weighted by Gasteiger charge is -2.10. The van der Waals surface area contributed by atoms with Crippen molar-refractivity contribution in [3.05, 3.63) is 76.7 Å². The molecule has 148 valence electrons. The zero-order valence-electron chi connectivity index (χ0n) is 16.2. The van der Waals surface area contributed by atoms with Crippen molar-refractivity contribution in [3.63, 3.8) is 0 Å². The Hall–Kier alpha value is -4.27. The van der Waals surface area contributed by atoms with Gasteiger partial charge in [-0.15, -0.1) is 0 Å². The smallest absolute Gasteiger partial charge is 0.280 e. The number of fused-ring (bicyclic) bond motifs is 2. The first kappa shape index (κ1) is 17.8. The molecule has 5 aromatic rings. The molecule has 0 aliphatic heterocycles. The normalized spacial score (nSPS) is 11.3. The Morgan fingerprint density at radius 3 is 2.80 bits per heavy atom. The number of hydrogen-bond acceptors (Lipinski definition) is 6. The standard InChI is InChI=1S/C21H16N6O3/c1-12-18-14(10-16(17-8-5-9-30-17)23-19(18)26(2)24-12)20(28)25-27-11-22-15-7-4-3-6-13(15)21(27)29/h3-11H,1-2H3,(H,25,28). The molecule has 0 aliphatic rings. The van der Waals surface area contributed by atoms with E-state index >= 15 is 0 Å². The lowest BCUT2D eigenvalue weighted by molar-refractivity contribution is 0.101. The molecule has 9 nitrogen and oxygen atoms in total. The van der Waals surface area contributed by atoms with Gasteiger partial charge in [-0.1, -0.05) is 12.1 Å². The quantitative estimate of drug-likeness (QED) is 0.499. The zero-order valence-corrected chi connectivity index (χ0v) is 16.2. The fourth-order valence-electron chi connectivity index (χ4n) is 3.49. The maximum Gasteiger partial charge on any atom is 0.280 e. The van der Waals surface area contributed by atoms with Crippen molar-refractivity contribution in [1.82, 2.24) is 24.4 Å². The number of rotatable bonds is 3. The summed E-state index contributed by atoms with van der Waals surface area (Å²) in [6.07, 6.45) is 2.83. The van der Waals surface area contributed by atoms with E-state index < -0.39 is 5.91 Å². The van der Waals surface area contributed by atoms with E-state index in [1.807, 2.05) is 0 Å². The van der Waals surface area contributed by atoms with E-state index in [2.05, 4.69) is 20.5 Å². The molecule has 4 heterocycles. The average Bonchev–Trinajstić information content (AvgIpc) is 3.38. The Morgan fingerprint density at radius 2 is 2.00 bits per heavy atom. The third-order valence-electron chi connectivity index (χ3n) is 4.87. The molecule has 0 unspecified atom stereocenters. The number of aryl methyl sites for hydroxylation is 2. The Kier molecular flexibility index (Phi) is 3.95. The molecular weight excluding hydrogens is 384 g/mol. The van der Waals surface area contributed by atoms with E-state index in [9.17, 15) is 9.59 Å². The lowest BCUT2D eigenvalue weighted by Crippen LogP contribution is -2.33. The second-order valence-electron chi connectivity index (χ2n) is 6.82. The fourth-order valence-corrected chi connectivity index (χ4v) is 3.49. The monoisotopic (exact) mass is 400 g/mol. The Balaban J connectivity index is 1.65. The number of benzene rings is 1. The van der Waals surface area contributed by atoms with Crippen molar-refractivity contribution in [1.29, 1.82) is 0 Å². The molecule has 0 atom stereocenters. The van der Waals surface area contributed by atoms with Crippen LogP contribution in [0.25, 0.3) is 33.4 Å². The van der Waals surface area contributed by atoms with Gasteiger partial charge in [0.1, 0.15) is 12.0 Å². The van der Waals surface area contributed by atoms with Gasteiger partial charge in [0.2, 0.25) is 0 Å². The average molecular weight is 400 g/mol. The molecule has 0 radical (unpaired) electrons. The molecule has 5 rings (SSSR count). The van der Waals surface area contributed by atoms with Crippen LogP contribution in [-0.4, -0.2) is 30.3 Å².